The molecule has 2 heterocycles. The highest BCUT2D eigenvalue weighted by Gasteiger charge is 2.42. The largest absolute Gasteiger partial charge is 0.398 e. The van der Waals surface area contributed by atoms with Gasteiger partial charge in [0, 0.05) is 28.3 Å². The summed E-state index contributed by atoms with van der Waals surface area (Å²) in [5.41, 5.74) is 6.44. The number of rotatable bonds is 2. The SMILES string of the molecule is Nc1cc(Cl)ccc1S(=O)C1CCOC2(CCSC2)C1. The third-order valence-corrected chi connectivity index (χ3v) is 7.28. The van der Waals surface area contributed by atoms with Gasteiger partial charge in [-0.25, -0.2) is 0 Å². The van der Waals surface area contributed by atoms with Crippen LogP contribution in [0.4, 0.5) is 5.69 Å². The molecule has 2 saturated heterocycles. The van der Waals surface area contributed by atoms with Gasteiger partial charge in [0.15, 0.2) is 0 Å². The van der Waals surface area contributed by atoms with Crippen LogP contribution in [0.2, 0.25) is 5.02 Å². The van der Waals surface area contributed by atoms with Gasteiger partial charge < -0.3 is 10.5 Å². The Bertz CT molecular complexity index is 532. The molecule has 3 unspecified atom stereocenters. The molecule has 1 aromatic carbocycles. The molecule has 0 bridgehead atoms. The summed E-state index contributed by atoms with van der Waals surface area (Å²) < 4.78 is 18.8. The molecular formula is C14H18ClNO2S2. The highest BCUT2D eigenvalue weighted by atomic mass is 35.5. The van der Waals surface area contributed by atoms with Gasteiger partial charge in [-0.1, -0.05) is 11.6 Å². The van der Waals surface area contributed by atoms with Crippen LogP contribution in [0.1, 0.15) is 19.3 Å². The quantitative estimate of drug-likeness (QED) is 0.846. The van der Waals surface area contributed by atoms with E-state index < -0.39 is 10.8 Å². The molecule has 0 radical (unpaired) electrons. The second-order valence-electron chi connectivity index (χ2n) is 5.43. The Hall–Kier alpha value is -0.230. The molecule has 2 N–H and O–H groups in total. The molecule has 1 aromatic rings. The second-order valence-corrected chi connectivity index (χ2v) is 8.67. The van der Waals surface area contributed by atoms with Crippen molar-refractivity contribution in [3.05, 3.63) is 23.2 Å². The minimum absolute atomic E-state index is 0.0512. The van der Waals surface area contributed by atoms with Crippen molar-refractivity contribution in [3.63, 3.8) is 0 Å². The first-order valence-corrected chi connectivity index (χ1v) is 9.52. The fraction of sp³-hybridized carbons (Fsp3) is 0.571. The zero-order chi connectivity index (χ0) is 14.2. The van der Waals surface area contributed by atoms with Crippen LogP contribution in [0.25, 0.3) is 0 Å². The van der Waals surface area contributed by atoms with E-state index in [-0.39, 0.29) is 10.9 Å². The van der Waals surface area contributed by atoms with Gasteiger partial charge in [0.25, 0.3) is 0 Å². The molecule has 3 atom stereocenters. The number of hydrogen-bond acceptors (Lipinski definition) is 4. The zero-order valence-corrected chi connectivity index (χ0v) is 13.5. The molecule has 0 saturated carbocycles. The summed E-state index contributed by atoms with van der Waals surface area (Å²) in [6, 6.07) is 5.22. The van der Waals surface area contributed by atoms with E-state index >= 15 is 0 Å². The van der Waals surface area contributed by atoms with Crippen LogP contribution in [0.3, 0.4) is 0 Å². The third-order valence-electron chi connectivity index (χ3n) is 4.01. The normalized spacial score (nSPS) is 31.6. The van der Waals surface area contributed by atoms with Crippen molar-refractivity contribution < 1.29 is 8.95 Å². The van der Waals surface area contributed by atoms with E-state index in [1.165, 1.54) is 0 Å². The van der Waals surface area contributed by atoms with E-state index in [0.717, 1.165) is 30.8 Å². The molecule has 0 aromatic heterocycles. The van der Waals surface area contributed by atoms with Gasteiger partial charge in [-0.15, -0.1) is 0 Å². The summed E-state index contributed by atoms with van der Waals surface area (Å²) in [5, 5.41) is 0.713. The molecule has 20 heavy (non-hydrogen) atoms. The molecule has 2 aliphatic heterocycles. The molecule has 3 nitrogen and oxygen atoms in total. The van der Waals surface area contributed by atoms with Crippen LogP contribution in [-0.2, 0) is 15.5 Å². The van der Waals surface area contributed by atoms with Gasteiger partial charge in [-0.05, 0) is 43.2 Å². The summed E-state index contributed by atoms with van der Waals surface area (Å²) in [5.74, 6) is 2.17. The van der Waals surface area contributed by atoms with Gasteiger partial charge in [0.05, 0.1) is 21.3 Å². The first-order valence-electron chi connectivity index (χ1n) is 6.77. The zero-order valence-electron chi connectivity index (χ0n) is 11.1. The average Bonchev–Trinajstić information content (AvgIpc) is 2.86. The molecule has 2 fully saturated rings. The van der Waals surface area contributed by atoms with E-state index in [0.29, 0.717) is 22.2 Å². The number of hydrogen-bond donors (Lipinski definition) is 1. The first-order chi connectivity index (χ1) is 9.60. The summed E-state index contributed by atoms with van der Waals surface area (Å²) in [4.78, 5) is 0.710. The molecule has 1 spiro atoms. The fourth-order valence-corrected chi connectivity index (χ4v) is 6.09. The number of ether oxygens (including phenoxy) is 1. The number of halogens is 1. The third kappa shape index (κ3) is 2.86. The summed E-state index contributed by atoms with van der Waals surface area (Å²) >= 11 is 7.83. The highest BCUT2D eigenvalue weighted by Crippen LogP contribution is 2.40. The standard InChI is InChI=1S/C14H18ClNO2S2/c15-10-1-2-13(12(16)7-10)20(17)11-3-5-18-14(8-11)4-6-19-9-14/h1-2,7,11H,3-6,8-9,16H2. The lowest BCUT2D eigenvalue weighted by molar-refractivity contribution is -0.0567. The molecule has 6 heteroatoms. The van der Waals surface area contributed by atoms with Crippen molar-refractivity contribution in [3.8, 4) is 0 Å². The lowest BCUT2D eigenvalue weighted by Crippen LogP contribution is -2.43. The maximum Gasteiger partial charge on any atom is 0.0791 e. The first kappa shape index (κ1) is 14.7. The maximum absolute atomic E-state index is 12.8. The van der Waals surface area contributed by atoms with Gasteiger partial charge >= 0.3 is 0 Å². The highest BCUT2D eigenvalue weighted by molar-refractivity contribution is 7.99. The number of anilines is 1. The van der Waals surface area contributed by atoms with Gasteiger partial charge in [-0.3, -0.25) is 4.21 Å². The topological polar surface area (TPSA) is 52.3 Å². The van der Waals surface area contributed by atoms with Gasteiger partial charge in [0.1, 0.15) is 0 Å². The molecule has 0 amide bonds. The summed E-state index contributed by atoms with van der Waals surface area (Å²) in [6.45, 7) is 0.699. The van der Waals surface area contributed by atoms with Crippen LogP contribution in [0.15, 0.2) is 23.1 Å². The monoisotopic (exact) mass is 331 g/mol. The number of nitrogen functional groups attached to an aromatic ring is 1. The van der Waals surface area contributed by atoms with Crippen LogP contribution in [-0.4, -0.2) is 33.2 Å². The predicted molar refractivity (Wildman–Crippen MR) is 85.9 cm³/mol. The van der Waals surface area contributed by atoms with Crippen molar-refractivity contribution in [1.82, 2.24) is 0 Å². The average molecular weight is 332 g/mol. The van der Waals surface area contributed by atoms with E-state index in [9.17, 15) is 4.21 Å². The lowest BCUT2D eigenvalue weighted by atomic mass is 9.93. The van der Waals surface area contributed by atoms with Crippen molar-refractivity contribution in [2.75, 3.05) is 23.8 Å². The number of nitrogens with two attached hydrogens (primary N) is 1. The Balaban J connectivity index is 1.79. The number of thioether (sulfide) groups is 1. The van der Waals surface area contributed by atoms with Gasteiger partial charge in [0.2, 0.25) is 0 Å². The Labute approximate surface area is 131 Å². The summed E-state index contributed by atoms with van der Waals surface area (Å²) in [7, 11) is -1.08. The van der Waals surface area contributed by atoms with Crippen molar-refractivity contribution in [2.45, 2.75) is 35.0 Å². The molecule has 110 valence electrons. The fourth-order valence-electron chi connectivity index (χ4n) is 2.91. The van der Waals surface area contributed by atoms with Crippen molar-refractivity contribution in [2.24, 2.45) is 0 Å². The van der Waals surface area contributed by atoms with E-state index in [4.69, 9.17) is 22.1 Å². The van der Waals surface area contributed by atoms with Crippen LogP contribution in [0, 0.1) is 0 Å². The van der Waals surface area contributed by atoms with Crippen molar-refractivity contribution >= 4 is 39.8 Å². The van der Waals surface area contributed by atoms with E-state index in [2.05, 4.69) is 0 Å². The van der Waals surface area contributed by atoms with E-state index in [1.807, 2.05) is 11.8 Å². The Morgan fingerprint density at radius 2 is 2.35 bits per heavy atom. The van der Waals surface area contributed by atoms with Crippen molar-refractivity contribution in [1.29, 1.82) is 0 Å². The number of benzene rings is 1. The van der Waals surface area contributed by atoms with Crippen LogP contribution < -0.4 is 5.73 Å². The predicted octanol–water partition coefficient (Wildman–Crippen LogP) is 3.08. The molecule has 3 rings (SSSR count). The second kappa shape index (κ2) is 5.87. The minimum Gasteiger partial charge on any atom is -0.398 e. The minimum atomic E-state index is -1.08. The Morgan fingerprint density at radius 3 is 3.05 bits per heavy atom. The van der Waals surface area contributed by atoms with E-state index in [1.54, 1.807) is 18.2 Å². The summed E-state index contributed by atoms with van der Waals surface area (Å²) in [6.07, 6.45) is 2.78. The Kier molecular flexibility index (Phi) is 4.32. The van der Waals surface area contributed by atoms with Crippen LogP contribution in [0.5, 0.6) is 0 Å². The maximum atomic E-state index is 12.8. The smallest absolute Gasteiger partial charge is 0.0791 e. The van der Waals surface area contributed by atoms with Crippen LogP contribution >= 0.6 is 23.4 Å². The molecular weight excluding hydrogens is 314 g/mol. The molecule has 2 aliphatic rings. The molecule has 0 aliphatic carbocycles. The lowest BCUT2D eigenvalue weighted by Gasteiger charge is -2.37. The van der Waals surface area contributed by atoms with Gasteiger partial charge in [-0.2, -0.15) is 11.8 Å². The Morgan fingerprint density at radius 1 is 1.50 bits per heavy atom.